The van der Waals surface area contributed by atoms with Gasteiger partial charge in [0.1, 0.15) is 0 Å². The molecule has 0 saturated heterocycles. The molecule has 0 aromatic heterocycles. The average Bonchev–Trinajstić information content (AvgIpc) is 2.35. The lowest BCUT2D eigenvalue weighted by atomic mass is 10.1. The van der Waals surface area contributed by atoms with Gasteiger partial charge in [0.2, 0.25) is 6.10 Å². The van der Waals surface area contributed by atoms with Gasteiger partial charge in [0.15, 0.2) is 0 Å². The number of carbonyl (C=O) groups is 3. The van der Waals surface area contributed by atoms with Crippen LogP contribution in [0.4, 0.5) is 9.59 Å². The van der Waals surface area contributed by atoms with Crippen molar-refractivity contribution in [2.24, 2.45) is 0 Å². The fraction of sp³-hybridized carbons (Fsp3) is 0.182. The summed E-state index contributed by atoms with van der Waals surface area (Å²) < 4.78 is 9.28. The molecular weight excluding hydrogens is 262 g/mol. The Morgan fingerprint density at radius 2 is 1.83 bits per heavy atom. The van der Waals surface area contributed by atoms with Crippen LogP contribution in [0, 0.1) is 0 Å². The van der Waals surface area contributed by atoms with Gasteiger partial charge in [0.05, 0.1) is 7.11 Å². The van der Waals surface area contributed by atoms with E-state index in [0.29, 0.717) is 5.56 Å². The number of hydrogen-bond acceptors (Lipinski definition) is 5. The molecule has 0 bridgehead atoms. The van der Waals surface area contributed by atoms with E-state index < -0.39 is 23.5 Å². The Kier molecular flexibility index (Phi) is 5.13. The van der Waals surface area contributed by atoms with E-state index in [1.165, 1.54) is 0 Å². The number of alkyl carbamates (subject to hydrolysis) is 1. The average molecular weight is 272 g/mol. The number of benzene rings is 1. The number of nitrogens with one attached hydrogen (secondary N) is 1. The van der Waals surface area contributed by atoms with Crippen molar-refractivity contribution >= 4 is 29.0 Å². The van der Waals surface area contributed by atoms with Gasteiger partial charge in [-0.05, 0) is 11.6 Å². The Labute approximate surface area is 108 Å². The zero-order valence-electron chi connectivity index (χ0n) is 9.38. The first-order valence-corrected chi connectivity index (χ1v) is 5.22. The van der Waals surface area contributed by atoms with Gasteiger partial charge in [0.25, 0.3) is 0 Å². The molecule has 1 aromatic rings. The highest BCUT2D eigenvalue weighted by Crippen LogP contribution is 2.18. The number of amides is 2. The highest BCUT2D eigenvalue weighted by atomic mass is 35.5. The van der Waals surface area contributed by atoms with Crippen molar-refractivity contribution in [2.45, 2.75) is 6.10 Å². The van der Waals surface area contributed by atoms with Crippen LogP contribution >= 0.6 is 11.6 Å². The van der Waals surface area contributed by atoms with Crippen LogP contribution in [0.5, 0.6) is 0 Å². The second-order valence-electron chi connectivity index (χ2n) is 3.12. The fourth-order valence-corrected chi connectivity index (χ4v) is 1.28. The van der Waals surface area contributed by atoms with E-state index in [-0.39, 0.29) is 0 Å². The molecule has 18 heavy (non-hydrogen) atoms. The lowest BCUT2D eigenvalue weighted by molar-refractivity contribution is -0.150. The third kappa shape index (κ3) is 4.06. The highest BCUT2D eigenvalue weighted by Gasteiger charge is 2.26. The van der Waals surface area contributed by atoms with E-state index in [2.05, 4.69) is 4.74 Å². The van der Waals surface area contributed by atoms with Crippen LogP contribution in [0.25, 0.3) is 0 Å². The number of esters is 1. The van der Waals surface area contributed by atoms with Gasteiger partial charge < -0.3 is 9.47 Å². The molecule has 0 saturated carbocycles. The Hall–Kier alpha value is -2.08. The summed E-state index contributed by atoms with van der Waals surface area (Å²) in [4.78, 5) is 33.1. The number of halogens is 1. The van der Waals surface area contributed by atoms with Gasteiger partial charge in [-0.15, -0.1) is 0 Å². The molecule has 96 valence electrons. The quantitative estimate of drug-likeness (QED) is 0.516. The predicted octanol–water partition coefficient (Wildman–Crippen LogP) is 1.99. The minimum Gasteiger partial charge on any atom is -0.466 e. The molecule has 0 radical (unpaired) electrons. The van der Waals surface area contributed by atoms with E-state index in [1.807, 2.05) is 0 Å². The second-order valence-corrected chi connectivity index (χ2v) is 3.46. The third-order valence-electron chi connectivity index (χ3n) is 1.94. The van der Waals surface area contributed by atoms with Gasteiger partial charge in [-0.1, -0.05) is 30.3 Å². The van der Waals surface area contributed by atoms with Crippen LogP contribution in [-0.4, -0.2) is 24.5 Å². The topological polar surface area (TPSA) is 81.7 Å². The van der Waals surface area contributed by atoms with Gasteiger partial charge in [-0.25, -0.2) is 14.9 Å². The number of imide groups is 1. The maximum Gasteiger partial charge on any atom is 0.416 e. The van der Waals surface area contributed by atoms with Crippen LogP contribution in [0.2, 0.25) is 0 Å². The largest absolute Gasteiger partial charge is 0.466 e. The molecule has 1 rings (SSSR count). The van der Waals surface area contributed by atoms with Crippen molar-refractivity contribution in [1.82, 2.24) is 5.32 Å². The maximum absolute atomic E-state index is 11.5. The molecule has 0 aliphatic heterocycles. The van der Waals surface area contributed by atoms with Crippen LogP contribution < -0.4 is 5.32 Å². The first-order chi connectivity index (χ1) is 8.54. The van der Waals surface area contributed by atoms with Crippen LogP contribution in [0.3, 0.4) is 0 Å². The molecule has 0 heterocycles. The molecule has 1 atom stereocenters. The molecule has 6 nitrogen and oxygen atoms in total. The molecule has 1 N–H and O–H groups in total. The Bertz CT molecular complexity index is 448. The van der Waals surface area contributed by atoms with E-state index >= 15 is 0 Å². The smallest absolute Gasteiger partial charge is 0.416 e. The van der Waals surface area contributed by atoms with Gasteiger partial charge >= 0.3 is 17.4 Å². The summed E-state index contributed by atoms with van der Waals surface area (Å²) in [5.41, 5.74) is 0.418. The number of hydrogen-bond donors (Lipinski definition) is 1. The summed E-state index contributed by atoms with van der Waals surface area (Å²) in [5.74, 6) is -0.765. The van der Waals surface area contributed by atoms with E-state index in [1.54, 1.807) is 35.6 Å². The second kappa shape index (κ2) is 6.61. The first-order valence-electron chi connectivity index (χ1n) is 4.84. The zero-order valence-corrected chi connectivity index (χ0v) is 10.1. The Morgan fingerprint density at radius 1 is 1.22 bits per heavy atom. The normalized spacial score (nSPS) is 11.2. The molecule has 1 aromatic carbocycles. The minimum absolute atomic E-state index is 0.418. The number of rotatable bonds is 3. The molecular formula is C11H10ClNO5. The molecule has 7 heteroatoms. The van der Waals surface area contributed by atoms with E-state index in [0.717, 1.165) is 7.11 Å². The molecule has 0 spiro atoms. The highest BCUT2D eigenvalue weighted by molar-refractivity contribution is 6.64. The molecule has 1 unspecified atom stereocenters. The number of methoxy groups -OCH3 is 1. The Morgan fingerprint density at radius 3 is 2.33 bits per heavy atom. The predicted molar refractivity (Wildman–Crippen MR) is 62.1 cm³/mol. The number of ether oxygens (including phenoxy) is 2. The first kappa shape index (κ1) is 14.0. The van der Waals surface area contributed by atoms with Crippen molar-refractivity contribution in [2.75, 3.05) is 7.11 Å². The summed E-state index contributed by atoms with van der Waals surface area (Å²) >= 11 is 4.95. The number of carbonyl (C=O) groups excluding carboxylic acids is 3. The molecule has 0 aliphatic carbocycles. The fourth-order valence-electron chi connectivity index (χ4n) is 1.20. The lowest BCUT2D eigenvalue weighted by Crippen LogP contribution is -2.30. The zero-order chi connectivity index (χ0) is 13.5. The summed E-state index contributed by atoms with van der Waals surface area (Å²) in [5, 5.41) is 0.579. The summed E-state index contributed by atoms with van der Waals surface area (Å²) in [7, 11) is 1.16. The minimum atomic E-state index is -1.26. The van der Waals surface area contributed by atoms with Crippen molar-refractivity contribution in [3.8, 4) is 0 Å². The van der Waals surface area contributed by atoms with Crippen LogP contribution in [0.15, 0.2) is 30.3 Å². The lowest BCUT2D eigenvalue weighted by Gasteiger charge is -2.15. The molecule has 0 aliphatic rings. The molecule has 0 fully saturated rings. The summed E-state index contributed by atoms with van der Waals surface area (Å²) in [6.07, 6.45) is -2.39. The van der Waals surface area contributed by atoms with Crippen molar-refractivity contribution in [3.05, 3.63) is 35.9 Å². The van der Waals surface area contributed by atoms with Gasteiger partial charge in [0, 0.05) is 5.56 Å². The van der Waals surface area contributed by atoms with E-state index in [4.69, 9.17) is 16.3 Å². The van der Waals surface area contributed by atoms with Gasteiger partial charge in [-0.3, -0.25) is 4.79 Å². The van der Waals surface area contributed by atoms with Crippen LogP contribution in [0.1, 0.15) is 11.7 Å². The Balaban J connectivity index is 2.84. The standard InChI is InChI=1S/C11H10ClNO5/c1-17-9(14)8(7-5-3-2-4-6-7)18-11(16)13-10(12)15/h2-6,8H,1H3,(H,13,15,16). The van der Waals surface area contributed by atoms with Gasteiger partial charge in [-0.2, -0.15) is 0 Å². The third-order valence-corrected chi connectivity index (χ3v) is 2.04. The molecule has 2 amide bonds. The monoisotopic (exact) mass is 271 g/mol. The SMILES string of the molecule is COC(=O)C(OC(=O)NC(=O)Cl)c1ccccc1. The van der Waals surface area contributed by atoms with E-state index in [9.17, 15) is 14.4 Å². The van der Waals surface area contributed by atoms with Crippen molar-refractivity contribution < 1.29 is 23.9 Å². The van der Waals surface area contributed by atoms with Crippen molar-refractivity contribution in [3.63, 3.8) is 0 Å². The van der Waals surface area contributed by atoms with Crippen LogP contribution in [-0.2, 0) is 14.3 Å². The van der Waals surface area contributed by atoms with Crippen molar-refractivity contribution in [1.29, 1.82) is 0 Å². The summed E-state index contributed by atoms with van der Waals surface area (Å²) in [6, 6.07) is 8.23. The maximum atomic E-state index is 11.5. The summed E-state index contributed by atoms with van der Waals surface area (Å²) in [6.45, 7) is 0.